The van der Waals surface area contributed by atoms with Crippen molar-refractivity contribution in [2.45, 2.75) is 12.6 Å². The minimum absolute atomic E-state index is 0.123. The zero-order valence-electron chi connectivity index (χ0n) is 9.58. The molecule has 0 spiro atoms. The molecule has 1 aromatic carbocycles. The van der Waals surface area contributed by atoms with Crippen molar-refractivity contribution in [3.05, 3.63) is 29.8 Å². The lowest BCUT2D eigenvalue weighted by molar-refractivity contribution is -0.191. The highest BCUT2D eigenvalue weighted by atomic mass is 19.4. The average molecular weight is 263 g/mol. The predicted octanol–water partition coefficient (Wildman–Crippen LogP) is 1.85. The monoisotopic (exact) mass is 263 g/mol. The Kier molecular flexibility index (Phi) is 4.96. The van der Waals surface area contributed by atoms with Crippen LogP contribution >= 0.6 is 0 Å². The number of para-hydroxylation sites is 1. The van der Waals surface area contributed by atoms with Gasteiger partial charge in [0.1, 0.15) is 5.75 Å². The Morgan fingerprint density at radius 1 is 1.33 bits per heavy atom. The molecule has 1 rings (SSSR count). The Labute approximate surface area is 102 Å². The van der Waals surface area contributed by atoms with Gasteiger partial charge in [-0.3, -0.25) is 9.63 Å². The lowest BCUT2D eigenvalue weighted by Crippen LogP contribution is -2.30. The lowest BCUT2D eigenvalue weighted by Gasteiger charge is -2.10. The van der Waals surface area contributed by atoms with Crippen LogP contribution in [0.15, 0.2) is 24.3 Å². The van der Waals surface area contributed by atoms with E-state index in [1.54, 1.807) is 29.7 Å². The molecular weight excluding hydrogens is 251 g/mol. The molecule has 100 valence electrons. The number of halogens is 3. The van der Waals surface area contributed by atoms with Gasteiger partial charge in [0.05, 0.1) is 13.5 Å². The van der Waals surface area contributed by atoms with E-state index in [2.05, 4.69) is 4.84 Å². The third-order valence-electron chi connectivity index (χ3n) is 1.97. The summed E-state index contributed by atoms with van der Waals surface area (Å²) < 4.78 is 40.3. The second kappa shape index (κ2) is 6.25. The van der Waals surface area contributed by atoms with Gasteiger partial charge >= 0.3 is 6.18 Å². The summed E-state index contributed by atoms with van der Waals surface area (Å²) in [6, 6.07) is 6.71. The fourth-order valence-electron chi connectivity index (χ4n) is 1.26. The van der Waals surface area contributed by atoms with E-state index in [1.165, 1.54) is 7.11 Å². The molecule has 0 atom stereocenters. The molecule has 0 aromatic heterocycles. The summed E-state index contributed by atoms with van der Waals surface area (Å²) in [5, 5.41) is 0. The maximum absolute atomic E-state index is 11.8. The summed E-state index contributed by atoms with van der Waals surface area (Å²) in [5.41, 5.74) is 2.29. The summed E-state index contributed by atoms with van der Waals surface area (Å²) in [5.74, 6) is -0.188. The number of ether oxygens (including phenoxy) is 1. The van der Waals surface area contributed by atoms with Gasteiger partial charge in [0.15, 0.2) is 6.61 Å². The van der Waals surface area contributed by atoms with Gasteiger partial charge in [0.25, 0.3) is 0 Å². The van der Waals surface area contributed by atoms with Gasteiger partial charge in [-0.25, -0.2) is 5.48 Å². The Bertz CT molecular complexity index is 407. The van der Waals surface area contributed by atoms with Gasteiger partial charge in [-0.05, 0) is 6.07 Å². The van der Waals surface area contributed by atoms with Gasteiger partial charge in [-0.15, -0.1) is 0 Å². The highest BCUT2D eigenvalue weighted by molar-refractivity contribution is 5.78. The zero-order chi connectivity index (χ0) is 13.6. The number of hydrogen-bond acceptors (Lipinski definition) is 3. The van der Waals surface area contributed by atoms with Gasteiger partial charge in [-0.2, -0.15) is 13.2 Å². The van der Waals surface area contributed by atoms with Crippen LogP contribution in [-0.4, -0.2) is 25.8 Å². The number of methoxy groups -OCH3 is 1. The molecule has 0 saturated heterocycles. The molecule has 0 aliphatic carbocycles. The van der Waals surface area contributed by atoms with E-state index in [0.717, 1.165) is 0 Å². The number of carbonyl (C=O) groups excluding carboxylic acids is 1. The van der Waals surface area contributed by atoms with E-state index in [1.807, 2.05) is 0 Å². The quantitative estimate of drug-likeness (QED) is 0.825. The molecule has 1 amide bonds. The smallest absolute Gasteiger partial charge is 0.414 e. The first-order chi connectivity index (χ1) is 8.42. The highest BCUT2D eigenvalue weighted by Gasteiger charge is 2.28. The molecule has 18 heavy (non-hydrogen) atoms. The third-order valence-corrected chi connectivity index (χ3v) is 1.97. The SMILES string of the molecule is COc1ccccc1CC(=O)NOCC(F)(F)F. The molecular formula is C11H12F3NO3. The molecule has 0 bridgehead atoms. The number of hydroxylamine groups is 1. The zero-order valence-corrected chi connectivity index (χ0v) is 9.58. The number of rotatable bonds is 5. The van der Waals surface area contributed by atoms with Crippen molar-refractivity contribution in [3.8, 4) is 5.75 Å². The molecule has 1 aromatic rings. The topological polar surface area (TPSA) is 47.6 Å². The van der Waals surface area contributed by atoms with Gasteiger partial charge in [0, 0.05) is 5.56 Å². The Morgan fingerprint density at radius 2 is 2.00 bits per heavy atom. The molecule has 0 aliphatic rings. The maximum Gasteiger partial charge on any atom is 0.414 e. The minimum Gasteiger partial charge on any atom is -0.496 e. The first kappa shape index (κ1) is 14.3. The second-order valence-corrected chi connectivity index (χ2v) is 3.42. The first-order valence-electron chi connectivity index (χ1n) is 5.01. The molecule has 0 heterocycles. The van der Waals surface area contributed by atoms with Crippen LogP contribution in [0.1, 0.15) is 5.56 Å². The van der Waals surface area contributed by atoms with Crippen LogP contribution in [0.2, 0.25) is 0 Å². The Hall–Kier alpha value is -1.76. The minimum atomic E-state index is -4.47. The number of hydrogen-bond donors (Lipinski definition) is 1. The largest absolute Gasteiger partial charge is 0.496 e. The lowest BCUT2D eigenvalue weighted by atomic mass is 10.1. The van der Waals surface area contributed by atoms with Crippen molar-refractivity contribution >= 4 is 5.91 Å². The van der Waals surface area contributed by atoms with Crippen LogP contribution in [0.4, 0.5) is 13.2 Å². The molecule has 1 N–H and O–H groups in total. The van der Waals surface area contributed by atoms with E-state index in [4.69, 9.17) is 4.74 Å². The fourth-order valence-corrected chi connectivity index (χ4v) is 1.26. The van der Waals surface area contributed by atoms with Crippen LogP contribution in [0, 0.1) is 0 Å². The standard InChI is InChI=1S/C11H12F3NO3/c1-17-9-5-3-2-4-8(9)6-10(16)15-18-7-11(12,13)14/h2-5H,6-7H2,1H3,(H,15,16). The van der Waals surface area contributed by atoms with Crippen LogP contribution in [-0.2, 0) is 16.1 Å². The van der Waals surface area contributed by atoms with E-state index in [-0.39, 0.29) is 6.42 Å². The van der Waals surface area contributed by atoms with Crippen molar-refractivity contribution < 1.29 is 27.5 Å². The predicted molar refractivity (Wildman–Crippen MR) is 56.8 cm³/mol. The molecule has 0 radical (unpaired) electrons. The van der Waals surface area contributed by atoms with Crippen molar-refractivity contribution in [1.82, 2.24) is 5.48 Å². The van der Waals surface area contributed by atoms with Crippen molar-refractivity contribution in [3.63, 3.8) is 0 Å². The van der Waals surface area contributed by atoms with E-state index >= 15 is 0 Å². The third kappa shape index (κ3) is 5.05. The molecule has 0 unspecified atom stereocenters. The van der Waals surface area contributed by atoms with Crippen molar-refractivity contribution in [2.75, 3.05) is 13.7 Å². The summed E-state index contributed by atoms with van der Waals surface area (Å²) in [6.45, 7) is -1.52. The fraction of sp³-hybridized carbons (Fsp3) is 0.364. The summed E-state index contributed by atoms with van der Waals surface area (Å²) in [7, 11) is 1.44. The number of carbonyl (C=O) groups is 1. The maximum atomic E-state index is 11.8. The average Bonchev–Trinajstić information content (AvgIpc) is 2.28. The Balaban J connectivity index is 2.45. The highest BCUT2D eigenvalue weighted by Crippen LogP contribution is 2.17. The Morgan fingerprint density at radius 3 is 2.61 bits per heavy atom. The van der Waals surface area contributed by atoms with Crippen LogP contribution in [0.3, 0.4) is 0 Å². The normalized spacial score (nSPS) is 11.1. The van der Waals surface area contributed by atoms with Gasteiger partial charge in [-0.1, -0.05) is 18.2 Å². The summed E-state index contributed by atoms with van der Waals surface area (Å²) >= 11 is 0. The number of nitrogens with one attached hydrogen (secondary N) is 1. The number of amides is 1. The van der Waals surface area contributed by atoms with Crippen molar-refractivity contribution in [2.24, 2.45) is 0 Å². The molecule has 0 fully saturated rings. The van der Waals surface area contributed by atoms with Crippen molar-refractivity contribution in [1.29, 1.82) is 0 Å². The molecule has 7 heteroatoms. The van der Waals surface area contributed by atoms with E-state index in [0.29, 0.717) is 11.3 Å². The number of benzene rings is 1. The number of alkyl halides is 3. The summed E-state index contributed by atoms with van der Waals surface area (Å²) in [6.07, 6.45) is -4.60. The molecule has 0 saturated carbocycles. The van der Waals surface area contributed by atoms with E-state index < -0.39 is 18.7 Å². The summed E-state index contributed by atoms with van der Waals surface area (Å²) in [4.78, 5) is 15.3. The van der Waals surface area contributed by atoms with Crippen LogP contribution < -0.4 is 10.2 Å². The van der Waals surface area contributed by atoms with E-state index in [9.17, 15) is 18.0 Å². The molecule has 0 aliphatic heterocycles. The second-order valence-electron chi connectivity index (χ2n) is 3.42. The van der Waals surface area contributed by atoms with Crippen LogP contribution in [0.5, 0.6) is 5.75 Å². The molecule has 4 nitrogen and oxygen atoms in total. The first-order valence-corrected chi connectivity index (χ1v) is 5.01. The van der Waals surface area contributed by atoms with Crippen LogP contribution in [0.25, 0.3) is 0 Å². The van der Waals surface area contributed by atoms with Gasteiger partial charge < -0.3 is 4.74 Å². The van der Waals surface area contributed by atoms with Gasteiger partial charge in [0.2, 0.25) is 5.91 Å².